The van der Waals surface area contributed by atoms with Crippen LogP contribution in [-0.4, -0.2) is 6.71 Å². The van der Waals surface area contributed by atoms with Gasteiger partial charge in [-0.25, -0.2) is 0 Å². The molecule has 342 valence electrons. The molecule has 0 saturated heterocycles. The van der Waals surface area contributed by atoms with Crippen molar-refractivity contribution in [1.82, 2.24) is 0 Å². The third kappa shape index (κ3) is 6.34. The summed E-state index contributed by atoms with van der Waals surface area (Å²) in [7, 11) is 0. The van der Waals surface area contributed by atoms with Crippen molar-refractivity contribution in [1.29, 1.82) is 0 Å². The molecule has 0 radical (unpaired) electrons. The Labute approximate surface area is 397 Å². The fraction of sp³-hybridized carbons (Fsp3) is 0.484. The van der Waals surface area contributed by atoms with Crippen molar-refractivity contribution in [2.24, 2.45) is 0 Å². The Bertz CT molecular complexity index is 3000. The van der Waals surface area contributed by atoms with Crippen LogP contribution in [0, 0.1) is 0 Å². The molecule has 2 aliphatic heterocycles. The van der Waals surface area contributed by atoms with Gasteiger partial charge >= 0.3 is 0 Å². The van der Waals surface area contributed by atoms with E-state index in [0.29, 0.717) is 11.8 Å². The van der Waals surface area contributed by atoms with Crippen LogP contribution in [0.2, 0.25) is 0 Å². The maximum absolute atomic E-state index is 7.69. The predicted octanol–water partition coefficient (Wildman–Crippen LogP) is 15.8. The van der Waals surface area contributed by atoms with Gasteiger partial charge in [-0.15, -0.1) is 0 Å². The number of fused-ring (bicyclic) bond motifs is 9. The Morgan fingerprint density at radius 3 is 1.73 bits per heavy atom. The molecule has 1 aromatic heterocycles. The molecule has 1 atom stereocenters. The van der Waals surface area contributed by atoms with Gasteiger partial charge in [0.1, 0.15) is 5.58 Å². The van der Waals surface area contributed by atoms with Crippen LogP contribution in [0.15, 0.2) is 83.3 Å². The topological polar surface area (TPSA) is 19.6 Å². The first kappa shape index (κ1) is 43.8. The molecular formula is C62H75BN2O. The van der Waals surface area contributed by atoms with Crippen molar-refractivity contribution in [3.63, 3.8) is 0 Å². The molecule has 3 heterocycles. The van der Waals surface area contributed by atoms with Crippen LogP contribution in [0.4, 0.5) is 34.1 Å². The van der Waals surface area contributed by atoms with Gasteiger partial charge in [0.15, 0.2) is 0 Å². The van der Waals surface area contributed by atoms with Crippen molar-refractivity contribution in [3.8, 4) is 0 Å². The Morgan fingerprint density at radius 2 is 1.12 bits per heavy atom. The van der Waals surface area contributed by atoms with Gasteiger partial charge in [-0.2, -0.15) is 0 Å². The van der Waals surface area contributed by atoms with E-state index in [-0.39, 0.29) is 39.2 Å². The van der Waals surface area contributed by atoms with Gasteiger partial charge in [-0.3, -0.25) is 0 Å². The summed E-state index contributed by atoms with van der Waals surface area (Å²) in [5.41, 5.74) is 24.4. The molecule has 0 N–H and O–H groups in total. The van der Waals surface area contributed by atoms with Gasteiger partial charge in [0.2, 0.25) is 0 Å². The molecule has 0 saturated carbocycles. The number of hydrogen-bond donors (Lipinski definition) is 0. The van der Waals surface area contributed by atoms with E-state index in [0.717, 1.165) is 11.2 Å². The van der Waals surface area contributed by atoms with Crippen molar-refractivity contribution in [2.75, 3.05) is 9.80 Å². The number of furan rings is 1. The maximum Gasteiger partial charge on any atom is 0.297 e. The van der Waals surface area contributed by atoms with E-state index >= 15 is 0 Å². The zero-order valence-electron chi connectivity index (χ0n) is 43.3. The van der Waals surface area contributed by atoms with Crippen molar-refractivity contribution in [2.45, 2.75) is 194 Å². The summed E-state index contributed by atoms with van der Waals surface area (Å²) in [4.78, 5) is 5.32. The largest absolute Gasteiger partial charge is 0.468 e. The Hall–Kier alpha value is -4.70. The zero-order chi connectivity index (χ0) is 47.0. The quantitative estimate of drug-likeness (QED) is 0.165. The number of nitrogens with zero attached hydrogens (tertiary/aromatic N) is 2. The Morgan fingerprint density at radius 1 is 0.576 bits per heavy atom. The molecule has 5 aromatic carbocycles. The lowest BCUT2D eigenvalue weighted by atomic mass is 9.35. The van der Waals surface area contributed by atoms with Crippen LogP contribution in [0.25, 0.3) is 11.0 Å². The Balaban J connectivity index is 1.29. The van der Waals surface area contributed by atoms with Crippen molar-refractivity contribution >= 4 is 68.4 Å². The van der Waals surface area contributed by atoms with E-state index in [1.807, 2.05) is 0 Å². The van der Waals surface area contributed by atoms with Gasteiger partial charge in [0.25, 0.3) is 6.71 Å². The summed E-state index contributed by atoms with van der Waals surface area (Å²) < 4.78 is 7.69. The minimum absolute atomic E-state index is 0.0563. The zero-order valence-corrected chi connectivity index (χ0v) is 43.3. The second-order valence-electron chi connectivity index (χ2n) is 26.3. The van der Waals surface area contributed by atoms with Gasteiger partial charge < -0.3 is 14.2 Å². The first-order valence-corrected chi connectivity index (χ1v) is 25.6. The predicted molar refractivity (Wildman–Crippen MR) is 284 cm³/mol. The molecule has 3 aliphatic carbocycles. The monoisotopic (exact) mass is 875 g/mol. The van der Waals surface area contributed by atoms with E-state index in [9.17, 15) is 0 Å². The lowest BCUT2D eigenvalue weighted by molar-refractivity contribution is 0.332. The van der Waals surface area contributed by atoms with Gasteiger partial charge in [-0.05, 0) is 193 Å². The minimum Gasteiger partial charge on any atom is -0.468 e. The second-order valence-corrected chi connectivity index (χ2v) is 26.3. The second kappa shape index (κ2) is 13.9. The average molecular weight is 875 g/mol. The van der Waals surface area contributed by atoms with Gasteiger partial charge in [0, 0.05) is 33.8 Å². The summed E-state index contributed by atoms with van der Waals surface area (Å²) in [6, 6.07) is 32.5. The third-order valence-corrected chi connectivity index (χ3v) is 18.0. The molecule has 5 aliphatic rings. The molecule has 0 amide bonds. The van der Waals surface area contributed by atoms with E-state index < -0.39 is 0 Å². The van der Waals surface area contributed by atoms with Crippen LogP contribution < -0.4 is 26.4 Å². The lowest BCUT2D eigenvalue weighted by Crippen LogP contribution is -2.61. The number of anilines is 6. The van der Waals surface area contributed by atoms with Crippen LogP contribution in [0.1, 0.15) is 206 Å². The van der Waals surface area contributed by atoms with Crippen LogP contribution in [0.3, 0.4) is 0 Å². The molecule has 0 fully saturated rings. The number of rotatable bonds is 3. The van der Waals surface area contributed by atoms with Crippen molar-refractivity contribution in [3.05, 3.63) is 123 Å². The highest BCUT2D eigenvalue weighted by Crippen LogP contribution is 2.55. The number of hydrogen-bond acceptors (Lipinski definition) is 3. The van der Waals surface area contributed by atoms with E-state index in [1.54, 1.807) is 0 Å². The maximum atomic E-state index is 7.69. The molecular weight excluding hydrogens is 800 g/mol. The molecule has 0 spiro atoms. The molecule has 11 rings (SSSR count). The normalized spacial score (nSPS) is 21.5. The number of benzene rings is 5. The highest BCUT2D eigenvalue weighted by molar-refractivity contribution is 7.00. The van der Waals surface area contributed by atoms with E-state index in [2.05, 4.69) is 199 Å². The summed E-state index contributed by atoms with van der Waals surface area (Å²) >= 11 is 0. The summed E-state index contributed by atoms with van der Waals surface area (Å²) in [5.74, 6) is 0.811. The highest BCUT2D eigenvalue weighted by Gasteiger charge is 2.50. The molecule has 4 heteroatoms. The van der Waals surface area contributed by atoms with E-state index in [1.165, 1.54) is 133 Å². The average Bonchev–Trinajstić information content (AvgIpc) is 3.62. The molecule has 6 aromatic rings. The standard InChI is InChI=1S/C62H75BN2O/c1-36(2)38-29-51-54-52(30-38)65(41-21-22-44-46(31-41)60(11,12)26-25-59(44,9)10)55-43-32-47-48(62(15,16)28-27-61(47,13)14)35-53(43)66-56(55)63(54)49-34-45-42(37(3)23-24-58(45,7)8)33-50(49)64(51)40-19-17-39(18-20-40)57(4,5)6/h17-22,29-37H,23-28H2,1-16H3. The molecule has 1 unspecified atom stereocenters. The first-order valence-electron chi connectivity index (χ1n) is 25.6. The molecule has 66 heavy (non-hydrogen) atoms. The van der Waals surface area contributed by atoms with Crippen LogP contribution in [0.5, 0.6) is 0 Å². The first-order chi connectivity index (χ1) is 30.8. The Kier molecular flexibility index (Phi) is 9.27. The molecule has 3 nitrogen and oxygen atoms in total. The van der Waals surface area contributed by atoms with Crippen LogP contribution in [-0.2, 0) is 32.5 Å². The lowest BCUT2D eigenvalue weighted by Gasteiger charge is -2.46. The minimum atomic E-state index is -0.0839. The summed E-state index contributed by atoms with van der Waals surface area (Å²) in [6.45, 7) is 38.7. The molecule has 0 bridgehead atoms. The summed E-state index contributed by atoms with van der Waals surface area (Å²) in [5, 5.41) is 1.24. The SMILES string of the molecule is CC(C)c1cc2c3c(c1)N(c1ccc4c(c1)C(C)(C)CCC4(C)C)c1c(oc4cc5c(cc14)C(C)(C)CCC5(C)C)B3c1cc3c(cc1N2c1ccc(C(C)(C)C)cc1)C(C)CCC3(C)C. The van der Waals surface area contributed by atoms with Crippen LogP contribution >= 0.6 is 0 Å². The highest BCUT2D eigenvalue weighted by atomic mass is 16.3. The van der Waals surface area contributed by atoms with Gasteiger partial charge in [-0.1, -0.05) is 135 Å². The van der Waals surface area contributed by atoms with Crippen molar-refractivity contribution < 1.29 is 4.42 Å². The third-order valence-electron chi connectivity index (χ3n) is 18.0. The fourth-order valence-electron chi connectivity index (χ4n) is 13.2. The fourth-order valence-corrected chi connectivity index (χ4v) is 13.2. The smallest absolute Gasteiger partial charge is 0.297 e. The summed E-state index contributed by atoms with van der Waals surface area (Å²) in [6.07, 6.45) is 7.10. The van der Waals surface area contributed by atoms with E-state index in [4.69, 9.17) is 4.42 Å². The van der Waals surface area contributed by atoms with Gasteiger partial charge in [0.05, 0.1) is 11.3 Å².